The lowest BCUT2D eigenvalue weighted by Crippen LogP contribution is -2.45. The fourth-order valence-electron chi connectivity index (χ4n) is 3.17. The van der Waals surface area contributed by atoms with Crippen molar-refractivity contribution in [2.45, 2.75) is 43.7 Å². The first-order valence-electron chi connectivity index (χ1n) is 7.94. The number of nitrogens with zero attached hydrogens (tertiary/aromatic N) is 1. The number of carbonyl (C=O) groups is 1. The standard InChI is InChI=1S/C17H17F3N2O4/c1-8-6-12(22-26-8)16(25)21-14-11(7-13(23)15(14)24)9-2-4-10(5-3-9)17(18,19)20/h2-6,11,13-15,23-24H,7H2,1H3,(H,21,25)/t11-,13-,14-,15-/m1/s1. The summed E-state index contributed by atoms with van der Waals surface area (Å²) in [4.78, 5) is 12.3. The first-order chi connectivity index (χ1) is 12.2. The van der Waals surface area contributed by atoms with Gasteiger partial charge in [0.1, 0.15) is 11.9 Å². The third-order valence-electron chi connectivity index (χ3n) is 4.52. The number of hydrogen-bond donors (Lipinski definition) is 3. The van der Waals surface area contributed by atoms with Gasteiger partial charge in [0.15, 0.2) is 5.69 Å². The van der Waals surface area contributed by atoms with Crippen molar-refractivity contribution in [1.29, 1.82) is 0 Å². The number of halogens is 3. The first-order valence-corrected chi connectivity index (χ1v) is 7.94. The maximum Gasteiger partial charge on any atom is 0.416 e. The van der Waals surface area contributed by atoms with Crippen LogP contribution < -0.4 is 5.32 Å². The molecule has 1 aliphatic carbocycles. The molecule has 6 nitrogen and oxygen atoms in total. The van der Waals surface area contributed by atoms with Crippen LogP contribution in [0.4, 0.5) is 13.2 Å². The topological polar surface area (TPSA) is 95.6 Å². The quantitative estimate of drug-likeness (QED) is 0.768. The first kappa shape index (κ1) is 18.4. The third kappa shape index (κ3) is 3.58. The van der Waals surface area contributed by atoms with Gasteiger partial charge in [0.2, 0.25) is 0 Å². The van der Waals surface area contributed by atoms with Gasteiger partial charge in [-0.15, -0.1) is 0 Å². The SMILES string of the molecule is Cc1cc(C(=O)N[C@H]2[C@H](O)[C@H](O)C[C@@H]2c2ccc(C(F)(F)F)cc2)no1. The Morgan fingerprint density at radius 1 is 1.27 bits per heavy atom. The number of aliphatic hydroxyl groups excluding tert-OH is 2. The highest BCUT2D eigenvalue weighted by Crippen LogP contribution is 2.37. The molecule has 26 heavy (non-hydrogen) atoms. The number of hydrogen-bond acceptors (Lipinski definition) is 5. The van der Waals surface area contributed by atoms with Crippen LogP contribution in [0.3, 0.4) is 0 Å². The number of rotatable bonds is 3. The highest BCUT2D eigenvalue weighted by molar-refractivity contribution is 5.92. The summed E-state index contributed by atoms with van der Waals surface area (Å²) in [6.45, 7) is 1.61. The molecule has 9 heteroatoms. The minimum absolute atomic E-state index is 0.0160. The van der Waals surface area contributed by atoms with Crippen molar-refractivity contribution in [3.8, 4) is 0 Å². The molecule has 1 amide bonds. The molecule has 0 unspecified atom stereocenters. The second-order valence-electron chi connectivity index (χ2n) is 6.34. The molecule has 3 rings (SSSR count). The smallest absolute Gasteiger partial charge is 0.390 e. The maximum absolute atomic E-state index is 12.7. The molecular weight excluding hydrogens is 353 g/mol. The molecule has 1 aromatic carbocycles. The fourth-order valence-corrected chi connectivity index (χ4v) is 3.17. The Balaban J connectivity index is 1.82. The van der Waals surface area contributed by atoms with E-state index in [0.717, 1.165) is 12.1 Å². The lowest BCUT2D eigenvalue weighted by atomic mass is 9.92. The molecule has 0 aliphatic heterocycles. The van der Waals surface area contributed by atoms with Gasteiger partial charge in [-0.3, -0.25) is 4.79 Å². The molecule has 3 N–H and O–H groups in total. The Labute approximate surface area is 146 Å². The van der Waals surface area contributed by atoms with Crippen molar-refractivity contribution in [1.82, 2.24) is 10.5 Å². The number of aliphatic hydroxyl groups is 2. The van der Waals surface area contributed by atoms with Gasteiger partial charge in [-0.1, -0.05) is 17.3 Å². The van der Waals surface area contributed by atoms with E-state index in [-0.39, 0.29) is 12.1 Å². The minimum Gasteiger partial charge on any atom is -0.390 e. The molecule has 0 spiro atoms. The van der Waals surface area contributed by atoms with E-state index in [1.165, 1.54) is 18.2 Å². The predicted octanol–water partition coefficient (Wildman–Crippen LogP) is 2.01. The van der Waals surface area contributed by atoms with Gasteiger partial charge in [-0.25, -0.2) is 0 Å². The van der Waals surface area contributed by atoms with Crippen LogP contribution in [0.1, 0.15) is 39.7 Å². The van der Waals surface area contributed by atoms with Gasteiger partial charge < -0.3 is 20.1 Å². The van der Waals surface area contributed by atoms with Crippen molar-refractivity contribution in [2.24, 2.45) is 0 Å². The summed E-state index contributed by atoms with van der Waals surface area (Å²) in [5.74, 6) is -0.711. The van der Waals surface area contributed by atoms with Gasteiger partial charge >= 0.3 is 6.18 Å². The number of aryl methyl sites for hydroxylation is 1. The molecule has 0 radical (unpaired) electrons. The van der Waals surface area contributed by atoms with Crippen molar-refractivity contribution >= 4 is 5.91 Å². The van der Waals surface area contributed by atoms with Crippen LogP contribution in [0.2, 0.25) is 0 Å². The average molecular weight is 370 g/mol. The minimum atomic E-state index is -4.45. The fraction of sp³-hybridized carbons (Fsp3) is 0.412. The second kappa shape index (κ2) is 6.73. The van der Waals surface area contributed by atoms with Gasteiger partial charge in [0, 0.05) is 12.0 Å². The molecule has 1 aliphatic rings. The molecule has 1 fully saturated rings. The zero-order chi connectivity index (χ0) is 19.1. The summed E-state index contributed by atoms with van der Waals surface area (Å²) in [7, 11) is 0. The van der Waals surface area contributed by atoms with Crippen LogP contribution in [-0.4, -0.2) is 39.5 Å². The lowest BCUT2D eigenvalue weighted by molar-refractivity contribution is -0.137. The summed E-state index contributed by atoms with van der Waals surface area (Å²) >= 11 is 0. The number of carbonyl (C=O) groups excluding carboxylic acids is 1. The van der Waals surface area contributed by atoms with E-state index < -0.39 is 41.8 Å². The van der Waals surface area contributed by atoms with Gasteiger partial charge in [0.25, 0.3) is 5.91 Å². The van der Waals surface area contributed by atoms with E-state index in [1.807, 2.05) is 0 Å². The van der Waals surface area contributed by atoms with Gasteiger partial charge in [0.05, 0.1) is 17.7 Å². The molecule has 4 atom stereocenters. The number of benzene rings is 1. The monoisotopic (exact) mass is 370 g/mol. The molecule has 2 aromatic rings. The Hall–Kier alpha value is -2.39. The summed E-state index contributed by atoms with van der Waals surface area (Å²) in [6.07, 6.45) is -6.70. The molecule has 1 saturated carbocycles. The second-order valence-corrected chi connectivity index (χ2v) is 6.34. The van der Waals surface area contributed by atoms with Crippen LogP contribution in [0.5, 0.6) is 0 Å². The van der Waals surface area contributed by atoms with E-state index >= 15 is 0 Å². The Morgan fingerprint density at radius 2 is 1.92 bits per heavy atom. The van der Waals surface area contributed by atoms with Crippen LogP contribution >= 0.6 is 0 Å². The van der Waals surface area contributed by atoms with E-state index in [2.05, 4.69) is 10.5 Å². The van der Waals surface area contributed by atoms with Gasteiger partial charge in [-0.05, 0) is 31.0 Å². The van der Waals surface area contributed by atoms with Crippen LogP contribution in [-0.2, 0) is 6.18 Å². The van der Waals surface area contributed by atoms with Crippen LogP contribution in [0.25, 0.3) is 0 Å². The molecular formula is C17H17F3N2O4. The molecule has 0 bridgehead atoms. The maximum atomic E-state index is 12.7. The summed E-state index contributed by atoms with van der Waals surface area (Å²) in [5.41, 5.74) is -0.295. The third-order valence-corrected chi connectivity index (χ3v) is 4.52. The zero-order valence-corrected chi connectivity index (χ0v) is 13.7. The normalized spacial score (nSPS) is 26.1. The van der Waals surface area contributed by atoms with Crippen LogP contribution in [0, 0.1) is 6.92 Å². The number of alkyl halides is 3. The van der Waals surface area contributed by atoms with Crippen molar-refractivity contribution in [2.75, 3.05) is 0 Å². The highest BCUT2D eigenvalue weighted by Gasteiger charge is 2.43. The molecule has 1 aromatic heterocycles. The number of aromatic nitrogens is 1. The lowest BCUT2D eigenvalue weighted by Gasteiger charge is -2.23. The highest BCUT2D eigenvalue weighted by atomic mass is 19.4. The zero-order valence-electron chi connectivity index (χ0n) is 13.7. The summed E-state index contributed by atoms with van der Waals surface area (Å²) in [6, 6.07) is 5.00. The van der Waals surface area contributed by atoms with E-state index in [4.69, 9.17) is 4.52 Å². The molecule has 0 saturated heterocycles. The molecule has 1 heterocycles. The van der Waals surface area contributed by atoms with E-state index in [1.54, 1.807) is 6.92 Å². The summed E-state index contributed by atoms with van der Waals surface area (Å²) in [5, 5.41) is 26.3. The largest absolute Gasteiger partial charge is 0.416 e. The van der Waals surface area contributed by atoms with E-state index in [0.29, 0.717) is 11.3 Å². The number of nitrogens with one attached hydrogen (secondary N) is 1. The Morgan fingerprint density at radius 3 is 2.46 bits per heavy atom. The van der Waals surface area contributed by atoms with Crippen molar-refractivity contribution in [3.63, 3.8) is 0 Å². The van der Waals surface area contributed by atoms with Crippen LogP contribution in [0.15, 0.2) is 34.9 Å². The van der Waals surface area contributed by atoms with E-state index in [9.17, 15) is 28.2 Å². The van der Waals surface area contributed by atoms with Gasteiger partial charge in [-0.2, -0.15) is 13.2 Å². The average Bonchev–Trinajstić information content (AvgIpc) is 3.13. The van der Waals surface area contributed by atoms with Crippen molar-refractivity contribution in [3.05, 3.63) is 52.9 Å². The Bertz CT molecular complexity index is 788. The number of amides is 1. The Kier molecular flexibility index (Phi) is 4.76. The van der Waals surface area contributed by atoms with Crippen molar-refractivity contribution < 1.29 is 32.7 Å². The predicted molar refractivity (Wildman–Crippen MR) is 83.3 cm³/mol. The summed E-state index contributed by atoms with van der Waals surface area (Å²) < 4.78 is 42.9. The molecule has 140 valence electrons.